The van der Waals surface area contributed by atoms with Gasteiger partial charge < -0.3 is 10.2 Å². The number of nitrogens with zero attached hydrogens (tertiary/aromatic N) is 2. The first-order valence-electron chi connectivity index (χ1n) is 7.55. The fourth-order valence-electron chi connectivity index (χ4n) is 3.25. The Morgan fingerprint density at radius 3 is 2.63 bits per heavy atom. The predicted molar refractivity (Wildman–Crippen MR) is 78.0 cm³/mol. The van der Waals surface area contributed by atoms with Gasteiger partial charge in [-0.25, -0.2) is 0 Å². The Labute approximate surface area is 116 Å². The van der Waals surface area contributed by atoms with Gasteiger partial charge >= 0.3 is 0 Å². The Morgan fingerprint density at radius 2 is 2.11 bits per heavy atom. The van der Waals surface area contributed by atoms with E-state index in [1.54, 1.807) is 0 Å². The maximum Gasteiger partial charge on any atom is 0.230 e. The van der Waals surface area contributed by atoms with Crippen molar-refractivity contribution < 1.29 is 4.79 Å². The first-order valence-corrected chi connectivity index (χ1v) is 7.55. The third-order valence-electron chi connectivity index (χ3n) is 4.65. The van der Waals surface area contributed by atoms with Crippen LogP contribution >= 0.6 is 0 Å². The molecule has 0 saturated carbocycles. The molecule has 0 aromatic carbocycles. The maximum atomic E-state index is 12.8. The molecule has 1 atom stereocenters. The summed E-state index contributed by atoms with van der Waals surface area (Å²) in [5.41, 5.74) is -0.140. The summed E-state index contributed by atoms with van der Waals surface area (Å²) in [5.74, 6) is 0.375. The van der Waals surface area contributed by atoms with Gasteiger partial charge in [0.15, 0.2) is 0 Å². The standard InChI is InChI=1S/C15H27N3O/c1-3-8-17-9-11-18(12-10-17)14(19)15(4-2)6-5-7-16-13-15/h3,16H,1,4-13H2,2H3. The minimum Gasteiger partial charge on any atom is -0.340 e. The highest BCUT2D eigenvalue weighted by Crippen LogP contribution is 2.32. The SMILES string of the molecule is C=CCN1CCN(C(=O)C2(CC)CCCNC2)CC1. The number of nitrogens with one attached hydrogen (secondary N) is 1. The molecule has 4 nitrogen and oxygen atoms in total. The summed E-state index contributed by atoms with van der Waals surface area (Å²) in [7, 11) is 0. The number of piperazine rings is 1. The quantitative estimate of drug-likeness (QED) is 0.773. The van der Waals surface area contributed by atoms with Crippen molar-refractivity contribution in [2.24, 2.45) is 5.41 Å². The van der Waals surface area contributed by atoms with Gasteiger partial charge in [0.2, 0.25) is 5.91 Å². The van der Waals surface area contributed by atoms with Crippen LogP contribution in [0.3, 0.4) is 0 Å². The molecule has 0 radical (unpaired) electrons. The van der Waals surface area contributed by atoms with Crippen molar-refractivity contribution in [3.8, 4) is 0 Å². The van der Waals surface area contributed by atoms with Crippen LogP contribution in [0.15, 0.2) is 12.7 Å². The summed E-state index contributed by atoms with van der Waals surface area (Å²) >= 11 is 0. The topological polar surface area (TPSA) is 35.6 Å². The summed E-state index contributed by atoms with van der Waals surface area (Å²) < 4.78 is 0. The van der Waals surface area contributed by atoms with Crippen LogP contribution < -0.4 is 5.32 Å². The van der Waals surface area contributed by atoms with Gasteiger partial charge in [-0.3, -0.25) is 9.69 Å². The molecular weight excluding hydrogens is 238 g/mol. The molecule has 2 aliphatic heterocycles. The van der Waals surface area contributed by atoms with E-state index in [0.29, 0.717) is 5.91 Å². The first kappa shape index (κ1) is 14.5. The molecule has 0 aromatic rings. The van der Waals surface area contributed by atoms with Crippen LogP contribution in [0.2, 0.25) is 0 Å². The molecule has 1 N–H and O–H groups in total. The summed E-state index contributed by atoms with van der Waals surface area (Å²) in [5, 5.41) is 3.40. The molecule has 0 bridgehead atoms. The smallest absolute Gasteiger partial charge is 0.230 e. The fourth-order valence-corrected chi connectivity index (χ4v) is 3.25. The lowest BCUT2D eigenvalue weighted by atomic mass is 9.77. The lowest BCUT2D eigenvalue weighted by Gasteiger charge is -2.42. The predicted octanol–water partition coefficient (Wildman–Crippen LogP) is 1.10. The van der Waals surface area contributed by atoms with E-state index < -0.39 is 0 Å². The second-order valence-electron chi connectivity index (χ2n) is 5.80. The Kier molecular flexibility index (Phi) is 4.99. The van der Waals surface area contributed by atoms with Crippen molar-refractivity contribution in [1.82, 2.24) is 15.1 Å². The van der Waals surface area contributed by atoms with Crippen molar-refractivity contribution in [1.29, 1.82) is 0 Å². The van der Waals surface area contributed by atoms with E-state index in [1.807, 2.05) is 6.08 Å². The van der Waals surface area contributed by atoms with E-state index in [9.17, 15) is 4.79 Å². The lowest BCUT2D eigenvalue weighted by molar-refractivity contribution is -0.145. The normalized spacial score (nSPS) is 29.2. The average molecular weight is 265 g/mol. The summed E-state index contributed by atoms with van der Waals surface area (Å²) in [6.07, 6.45) is 5.06. The molecule has 2 saturated heterocycles. The third kappa shape index (κ3) is 3.18. The highest BCUT2D eigenvalue weighted by atomic mass is 16.2. The zero-order chi connectivity index (χ0) is 13.7. The van der Waals surface area contributed by atoms with Crippen molar-refractivity contribution in [3.63, 3.8) is 0 Å². The lowest BCUT2D eigenvalue weighted by Crippen LogP contribution is -2.56. The summed E-state index contributed by atoms with van der Waals surface area (Å²) in [6, 6.07) is 0. The molecule has 1 amide bonds. The molecule has 1 unspecified atom stereocenters. The molecule has 19 heavy (non-hydrogen) atoms. The minimum atomic E-state index is -0.140. The average Bonchev–Trinajstić information content (AvgIpc) is 2.48. The number of piperidine rings is 1. The van der Waals surface area contributed by atoms with Gasteiger partial charge in [-0.05, 0) is 25.8 Å². The maximum absolute atomic E-state index is 12.8. The van der Waals surface area contributed by atoms with Crippen LogP contribution in [0.5, 0.6) is 0 Å². The summed E-state index contributed by atoms with van der Waals surface area (Å²) in [4.78, 5) is 17.3. The van der Waals surface area contributed by atoms with Crippen molar-refractivity contribution in [2.75, 3.05) is 45.8 Å². The second kappa shape index (κ2) is 6.53. The van der Waals surface area contributed by atoms with E-state index in [1.165, 1.54) is 0 Å². The monoisotopic (exact) mass is 265 g/mol. The summed E-state index contributed by atoms with van der Waals surface area (Å²) in [6.45, 7) is 12.5. The number of amides is 1. The van der Waals surface area contributed by atoms with Gasteiger partial charge in [-0.2, -0.15) is 0 Å². The van der Waals surface area contributed by atoms with Crippen LogP contribution in [0.1, 0.15) is 26.2 Å². The Balaban J connectivity index is 1.94. The van der Waals surface area contributed by atoms with Crippen LogP contribution in [0, 0.1) is 5.41 Å². The van der Waals surface area contributed by atoms with Gasteiger partial charge in [0.25, 0.3) is 0 Å². The van der Waals surface area contributed by atoms with Crippen molar-refractivity contribution in [2.45, 2.75) is 26.2 Å². The zero-order valence-electron chi connectivity index (χ0n) is 12.2. The van der Waals surface area contributed by atoms with Crippen LogP contribution in [0.4, 0.5) is 0 Å². The minimum absolute atomic E-state index is 0.140. The van der Waals surface area contributed by atoms with E-state index >= 15 is 0 Å². The van der Waals surface area contributed by atoms with Crippen molar-refractivity contribution >= 4 is 5.91 Å². The van der Waals surface area contributed by atoms with E-state index in [4.69, 9.17) is 0 Å². The van der Waals surface area contributed by atoms with Crippen molar-refractivity contribution in [3.05, 3.63) is 12.7 Å². The van der Waals surface area contributed by atoms with Gasteiger partial charge in [-0.1, -0.05) is 13.0 Å². The second-order valence-corrected chi connectivity index (χ2v) is 5.80. The number of rotatable bonds is 4. The van der Waals surface area contributed by atoms with E-state index in [0.717, 1.165) is 65.1 Å². The molecule has 0 aliphatic carbocycles. The third-order valence-corrected chi connectivity index (χ3v) is 4.65. The molecule has 2 rings (SSSR count). The van der Waals surface area contributed by atoms with Gasteiger partial charge in [-0.15, -0.1) is 6.58 Å². The van der Waals surface area contributed by atoms with Crippen LogP contribution in [0.25, 0.3) is 0 Å². The highest BCUT2D eigenvalue weighted by Gasteiger charge is 2.41. The number of hydrogen-bond acceptors (Lipinski definition) is 3. The van der Waals surface area contributed by atoms with E-state index in [2.05, 4.69) is 28.6 Å². The molecule has 2 fully saturated rings. The number of carbonyl (C=O) groups is 1. The first-order chi connectivity index (χ1) is 9.22. The fraction of sp³-hybridized carbons (Fsp3) is 0.800. The molecule has 0 spiro atoms. The molecule has 2 aliphatic rings. The molecule has 108 valence electrons. The zero-order valence-corrected chi connectivity index (χ0v) is 12.2. The highest BCUT2D eigenvalue weighted by molar-refractivity contribution is 5.83. The molecule has 4 heteroatoms. The van der Waals surface area contributed by atoms with Gasteiger partial charge in [0.05, 0.1) is 5.41 Å². The Bertz CT molecular complexity index is 315. The van der Waals surface area contributed by atoms with Crippen LogP contribution in [-0.4, -0.2) is 61.5 Å². The number of carbonyl (C=O) groups excluding carboxylic acids is 1. The largest absolute Gasteiger partial charge is 0.340 e. The number of hydrogen-bond donors (Lipinski definition) is 1. The molecule has 2 heterocycles. The molecular formula is C15H27N3O. The van der Waals surface area contributed by atoms with Gasteiger partial charge in [0, 0.05) is 39.3 Å². The van der Waals surface area contributed by atoms with Crippen LogP contribution in [-0.2, 0) is 4.79 Å². The molecule has 0 aromatic heterocycles. The van der Waals surface area contributed by atoms with Gasteiger partial charge in [0.1, 0.15) is 0 Å². The van der Waals surface area contributed by atoms with E-state index in [-0.39, 0.29) is 5.41 Å². The Hall–Kier alpha value is -0.870. The Morgan fingerprint density at radius 1 is 1.37 bits per heavy atom.